The third kappa shape index (κ3) is 4.52. The van der Waals surface area contributed by atoms with E-state index in [1.54, 1.807) is 16.9 Å². The van der Waals surface area contributed by atoms with Gasteiger partial charge in [0.15, 0.2) is 5.82 Å². The number of amides is 1. The number of anilines is 1. The summed E-state index contributed by atoms with van der Waals surface area (Å²) in [4.78, 5) is 29.0. The first-order chi connectivity index (χ1) is 16.9. The average molecular weight is 473 g/mol. The van der Waals surface area contributed by atoms with E-state index in [1.165, 1.54) is 7.11 Å². The number of ether oxygens (including phenoxy) is 1. The van der Waals surface area contributed by atoms with Gasteiger partial charge in [-0.1, -0.05) is 12.1 Å². The van der Waals surface area contributed by atoms with Crippen LogP contribution in [0.3, 0.4) is 0 Å². The van der Waals surface area contributed by atoms with Gasteiger partial charge in [-0.15, -0.1) is 5.10 Å². The Morgan fingerprint density at radius 1 is 1.20 bits per heavy atom. The Labute approximate surface area is 203 Å². The highest BCUT2D eigenvalue weighted by Gasteiger charge is 2.24. The summed E-state index contributed by atoms with van der Waals surface area (Å²) in [7, 11) is 5.45. The molecule has 1 atom stereocenters. The standard InChI is InChI=1S/C25H28N8O2/c1-16-11-12-22-26-13-20(33(16)22)19-8-6-9-21(28-19)29-24(34)18-15-32(30-25(18)35-4)23-10-5-7-17(27-23)14-31(2)3/h5-10,13,15-16H,11-12,14H2,1-4H3,(H,28,29,34)/t16-/m0/s1. The molecule has 0 spiro atoms. The van der Waals surface area contributed by atoms with Crippen molar-refractivity contribution in [2.45, 2.75) is 32.4 Å². The molecule has 10 heteroatoms. The Morgan fingerprint density at radius 2 is 2.03 bits per heavy atom. The van der Waals surface area contributed by atoms with E-state index in [2.05, 4.69) is 36.9 Å². The number of nitrogens with zero attached hydrogens (tertiary/aromatic N) is 7. The molecular weight excluding hydrogens is 444 g/mol. The number of hydrogen-bond acceptors (Lipinski definition) is 7. The van der Waals surface area contributed by atoms with E-state index in [1.807, 2.05) is 55.5 Å². The van der Waals surface area contributed by atoms with Gasteiger partial charge in [0, 0.05) is 25.2 Å². The summed E-state index contributed by atoms with van der Waals surface area (Å²) in [5.41, 5.74) is 2.91. The van der Waals surface area contributed by atoms with Crippen molar-refractivity contribution in [3.63, 3.8) is 0 Å². The van der Waals surface area contributed by atoms with Gasteiger partial charge in [-0.25, -0.2) is 19.6 Å². The third-order valence-electron chi connectivity index (χ3n) is 5.98. The van der Waals surface area contributed by atoms with Crippen LogP contribution < -0.4 is 10.1 Å². The van der Waals surface area contributed by atoms with Crippen LogP contribution in [0.25, 0.3) is 17.2 Å². The van der Waals surface area contributed by atoms with E-state index in [-0.39, 0.29) is 11.8 Å². The maximum absolute atomic E-state index is 13.2. The summed E-state index contributed by atoms with van der Waals surface area (Å²) in [6, 6.07) is 11.6. The summed E-state index contributed by atoms with van der Waals surface area (Å²) in [6.45, 7) is 2.88. The van der Waals surface area contributed by atoms with Crippen LogP contribution in [-0.2, 0) is 13.0 Å². The summed E-state index contributed by atoms with van der Waals surface area (Å²) < 4.78 is 9.16. The number of aryl methyl sites for hydroxylation is 1. The van der Waals surface area contributed by atoms with Gasteiger partial charge >= 0.3 is 0 Å². The van der Waals surface area contributed by atoms with E-state index in [0.717, 1.165) is 35.7 Å². The maximum atomic E-state index is 13.2. The lowest BCUT2D eigenvalue weighted by Gasteiger charge is -2.12. The van der Waals surface area contributed by atoms with Crippen molar-refractivity contribution in [1.29, 1.82) is 0 Å². The minimum Gasteiger partial charge on any atom is -0.479 e. The van der Waals surface area contributed by atoms with Gasteiger partial charge in [0.25, 0.3) is 5.91 Å². The van der Waals surface area contributed by atoms with Crippen LogP contribution in [0.5, 0.6) is 5.88 Å². The van der Waals surface area contributed by atoms with Crippen molar-refractivity contribution in [3.8, 4) is 23.1 Å². The summed E-state index contributed by atoms with van der Waals surface area (Å²) in [5.74, 6) is 1.96. The van der Waals surface area contributed by atoms with E-state index in [9.17, 15) is 4.79 Å². The Morgan fingerprint density at radius 3 is 2.83 bits per heavy atom. The smallest absolute Gasteiger partial charge is 0.263 e. The molecule has 1 amide bonds. The number of methoxy groups -OCH3 is 1. The van der Waals surface area contributed by atoms with Crippen LogP contribution in [0.1, 0.15) is 41.3 Å². The topological polar surface area (TPSA) is 103 Å². The van der Waals surface area contributed by atoms with Gasteiger partial charge < -0.3 is 19.5 Å². The zero-order chi connectivity index (χ0) is 24.5. The SMILES string of the molecule is COc1nn(-c2cccc(CN(C)C)n2)cc1C(=O)Nc1cccc(-c2cnc3n2[C@@H](C)CC3)n1. The number of imidazole rings is 1. The van der Waals surface area contributed by atoms with Crippen LogP contribution >= 0.6 is 0 Å². The van der Waals surface area contributed by atoms with Gasteiger partial charge in [0.2, 0.25) is 5.88 Å². The molecule has 180 valence electrons. The van der Waals surface area contributed by atoms with Crippen LogP contribution in [0, 0.1) is 0 Å². The van der Waals surface area contributed by atoms with Gasteiger partial charge in [0.1, 0.15) is 17.2 Å². The highest BCUT2D eigenvalue weighted by atomic mass is 16.5. The number of carbonyl (C=O) groups is 1. The fourth-order valence-electron chi connectivity index (χ4n) is 4.35. The molecule has 0 saturated heterocycles. The Balaban J connectivity index is 1.39. The predicted octanol–water partition coefficient (Wildman–Crippen LogP) is 3.36. The molecule has 5 rings (SSSR count). The number of fused-ring (bicyclic) bond motifs is 1. The van der Waals surface area contributed by atoms with Crippen molar-refractivity contribution in [3.05, 3.63) is 65.9 Å². The lowest BCUT2D eigenvalue weighted by molar-refractivity contribution is 0.102. The summed E-state index contributed by atoms with van der Waals surface area (Å²) in [5, 5.41) is 7.29. The van der Waals surface area contributed by atoms with E-state index in [0.29, 0.717) is 29.8 Å². The normalized spacial score (nSPS) is 14.8. The number of pyridine rings is 2. The zero-order valence-electron chi connectivity index (χ0n) is 20.3. The highest BCUT2D eigenvalue weighted by Crippen LogP contribution is 2.31. The second-order valence-corrected chi connectivity index (χ2v) is 8.90. The first kappa shape index (κ1) is 22.7. The van der Waals surface area contributed by atoms with E-state index < -0.39 is 0 Å². The molecular formula is C25H28N8O2. The van der Waals surface area contributed by atoms with Gasteiger partial charge in [-0.2, -0.15) is 0 Å². The van der Waals surface area contributed by atoms with Crippen LogP contribution in [0.15, 0.2) is 48.8 Å². The quantitative estimate of drug-likeness (QED) is 0.440. The minimum absolute atomic E-state index is 0.209. The highest BCUT2D eigenvalue weighted by molar-refractivity contribution is 6.05. The van der Waals surface area contributed by atoms with Crippen LogP contribution in [0.2, 0.25) is 0 Å². The van der Waals surface area contributed by atoms with Crippen molar-refractivity contribution in [2.24, 2.45) is 0 Å². The minimum atomic E-state index is -0.367. The second kappa shape index (κ2) is 9.30. The number of carbonyl (C=O) groups excluding carboxylic acids is 1. The molecule has 0 unspecified atom stereocenters. The number of aromatic nitrogens is 6. The summed E-state index contributed by atoms with van der Waals surface area (Å²) in [6.07, 6.45) is 5.51. The lowest BCUT2D eigenvalue weighted by Crippen LogP contribution is -2.14. The van der Waals surface area contributed by atoms with Gasteiger partial charge in [-0.05, 0) is 51.7 Å². The Hall–Kier alpha value is -4.05. The third-order valence-corrected chi connectivity index (χ3v) is 5.98. The fourth-order valence-corrected chi connectivity index (χ4v) is 4.35. The molecule has 1 aliphatic heterocycles. The first-order valence-electron chi connectivity index (χ1n) is 11.5. The predicted molar refractivity (Wildman–Crippen MR) is 132 cm³/mol. The molecule has 1 N–H and O–H groups in total. The molecule has 0 aromatic carbocycles. The number of rotatable bonds is 7. The second-order valence-electron chi connectivity index (χ2n) is 8.90. The van der Waals surface area contributed by atoms with E-state index in [4.69, 9.17) is 4.74 Å². The van der Waals surface area contributed by atoms with Crippen LogP contribution in [-0.4, -0.2) is 61.3 Å². The molecule has 0 radical (unpaired) electrons. The molecule has 5 heterocycles. The number of nitrogens with one attached hydrogen (secondary N) is 1. The molecule has 0 bridgehead atoms. The molecule has 4 aromatic heterocycles. The fraction of sp³-hybridized carbons (Fsp3) is 0.320. The molecule has 0 fully saturated rings. The lowest BCUT2D eigenvalue weighted by atomic mass is 10.2. The maximum Gasteiger partial charge on any atom is 0.263 e. The Bertz CT molecular complexity index is 1370. The van der Waals surface area contributed by atoms with Gasteiger partial charge in [0.05, 0.1) is 30.4 Å². The van der Waals surface area contributed by atoms with Gasteiger partial charge in [-0.3, -0.25) is 4.79 Å². The van der Waals surface area contributed by atoms with Crippen LogP contribution in [0.4, 0.5) is 5.82 Å². The molecule has 35 heavy (non-hydrogen) atoms. The molecule has 0 aliphatic carbocycles. The van der Waals surface area contributed by atoms with Crippen molar-refractivity contribution in [2.75, 3.05) is 26.5 Å². The first-order valence-corrected chi connectivity index (χ1v) is 11.5. The van der Waals surface area contributed by atoms with Crippen molar-refractivity contribution < 1.29 is 9.53 Å². The monoisotopic (exact) mass is 472 g/mol. The largest absolute Gasteiger partial charge is 0.479 e. The van der Waals surface area contributed by atoms with E-state index >= 15 is 0 Å². The molecule has 10 nitrogen and oxygen atoms in total. The zero-order valence-corrected chi connectivity index (χ0v) is 20.3. The Kier molecular flexibility index (Phi) is 6.04. The molecule has 1 aliphatic rings. The van der Waals surface area contributed by atoms with Crippen molar-refractivity contribution >= 4 is 11.7 Å². The average Bonchev–Trinajstić information content (AvgIpc) is 3.55. The van der Waals surface area contributed by atoms with Crippen molar-refractivity contribution in [1.82, 2.24) is 34.2 Å². The molecule has 0 saturated carbocycles. The molecule has 4 aromatic rings. The summed E-state index contributed by atoms with van der Waals surface area (Å²) >= 11 is 0. The number of hydrogen-bond donors (Lipinski definition) is 1.